The van der Waals surface area contributed by atoms with Crippen molar-refractivity contribution in [2.24, 2.45) is 0 Å². The van der Waals surface area contributed by atoms with Gasteiger partial charge in [0.05, 0.1) is 0 Å². The van der Waals surface area contributed by atoms with E-state index in [9.17, 15) is 0 Å². The van der Waals surface area contributed by atoms with Gasteiger partial charge < -0.3 is 0 Å². The van der Waals surface area contributed by atoms with E-state index in [0.29, 0.717) is 0 Å². The highest BCUT2D eigenvalue weighted by Crippen LogP contribution is 2.18. The summed E-state index contributed by atoms with van der Waals surface area (Å²) in [6.07, 6.45) is 10.2. The van der Waals surface area contributed by atoms with E-state index >= 15 is 0 Å². The second-order valence-corrected chi connectivity index (χ2v) is 5.38. The summed E-state index contributed by atoms with van der Waals surface area (Å²) < 4.78 is 0. The zero-order valence-electron chi connectivity index (χ0n) is 8.53. The highest BCUT2D eigenvalue weighted by atomic mass is 28.1. The highest BCUT2D eigenvalue weighted by Gasteiger charge is 1.99. The van der Waals surface area contributed by atoms with Crippen molar-refractivity contribution in [3.05, 3.63) is 0 Å². The van der Waals surface area contributed by atoms with E-state index in [1.807, 2.05) is 0 Å². The van der Waals surface area contributed by atoms with Crippen molar-refractivity contribution in [2.45, 2.75) is 64.3 Å². The molecule has 0 aliphatic heterocycles. The first-order valence-electron chi connectivity index (χ1n) is 5.31. The van der Waals surface area contributed by atoms with E-state index in [2.05, 4.69) is 13.8 Å². The molecule has 0 heterocycles. The maximum absolute atomic E-state index is 2.29. The fourth-order valence-corrected chi connectivity index (χ4v) is 2.26. The minimum atomic E-state index is 1.11. The molecule has 11 heavy (non-hydrogen) atoms. The van der Waals surface area contributed by atoms with Gasteiger partial charge in [-0.05, 0) is 0 Å². The van der Waals surface area contributed by atoms with Crippen LogP contribution in [0.25, 0.3) is 0 Å². The molecule has 1 heteroatoms. The average Bonchev–Trinajstić information content (AvgIpc) is 2.01. The first-order valence-corrected chi connectivity index (χ1v) is 6.46. The van der Waals surface area contributed by atoms with Gasteiger partial charge in [-0.3, -0.25) is 0 Å². The van der Waals surface area contributed by atoms with Crippen LogP contribution in [0.2, 0.25) is 5.54 Å². The van der Waals surface area contributed by atoms with Gasteiger partial charge >= 0.3 is 0 Å². The Morgan fingerprint density at radius 2 is 1.45 bits per heavy atom. The third-order valence-electron chi connectivity index (χ3n) is 2.35. The lowest BCUT2D eigenvalue weighted by Crippen LogP contribution is -1.92. The van der Waals surface area contributed by atoms with Crippen LogP contribution in [-0.2, 0) is 0 Å². The Balaban J connectivity index is 3.02. The van der Waals surface area contributed by atoms with Crippen molar-refractivity contribution in [1.29, 1.82) is 0 Å². The van der Waals surface area contributed by atoms with Crippen molar-refractivity contribution < 1.29 is 0 Å². The molecule has 0 aromatic rings. The van der Waals surface area contributed by atoms with Crippen LogP contribution in [0.5, 0.6) is 0 Å². The van der Waals surface area contributed by atoms with Gasteiger partial charge in [-0.15, -0.1) is 0 Å². The van der Waals surface area contributed by atoms with E-state index < -0.39 is 0 Å². The van der Waals surface area contributed by atoms with Crippen LogP contribution in [0, 0.1) is 0 Å². The predicted molar refractivity (Wildman–Crippen MR) is 57.4 cm³/mol. The third kappa shape index (κ3) is 8.12. The van der Waals surface area contributed by atoms with Gasteiger partial charge in [0.2, 0.25) is 0 Å². The van der Waals surface area contributed by atoms with Gasteiger partial charge in [-0.2, -0.15) is 0 Å². The molecule has 0 saturated heterocycles. The molecule has 0 aliphatic rings. The zero-order chi connectivity index (χ0) is 8.53. The molecular formula is C10H24Si. The molecule has 0 fully saturated rings. The van der Waals surface area contributed by atoms with Gasteiger partial charge in [0, 0.05) is 10.2 Å². The summed E-state index contributed by atoms with van der Waals surface area (Å²) >= 11 is 0. The van der Waals surface area contributed by atoms with Crippen LogP contribution < -0.4 is 0 Å². The standard InChI is InChI=1S/C10H24Si/c1-3-5-7-9-10(11)8-6-4-2/h10H,3-9H2,1-2,11H3. The number of hydrogen-bond donors (Lipinski definition) is 0. The highest BCUT2D eigenvalue weighted by molar-refractivity contribution is 6.11. The minimum Gasteiger partial charge on any atom is -0.0654 e. The summed E-state index contributed by atoms with van der Waals surface area (Å²) in [6.45, 7) is 4.58. The second-order valence-electron chi connectivity index (χ2n) is 3.74. The average molecular weight is 172 g/mol. The lowest BCUT2D eigenvalue weighted by molar-refractivity contribution is 0.584. The maximum atomic E-state index is 2.29. The summed E-state index contributed by atoms with van der Waals surface area (Å²) in [5, 5.41) is 0. The van der Waals surface area contributed by atoms with Crippen molar-refractivity contribution >= 4 is 10.2 Å². The summed E-state index contributed by atoms with van der Waals surface area (Å²) in [4.78, 5) is 0. The third-order valence-corrected chi connectivity index (χ3v) is 3.51. The topological polar surface area (TPSA) is 0 Å². The molecule has 1 unspecified atom stereocenters. The van der Waals surface area contributed by atoms with E-state index in [0.717, 1.165) is 5.54 Å². The summed E-state index contributed by atoms with van der Waals surface area (Å²) in [6, 6.07) is 0. The Bertz CT molecular complexity index is 71.3. The molecule has 0 N–H and O–H groups in total. The normalized spacial score (nSPS) is 13.6. The number of rotatable bonds is 7. The molecule has 0 saturated carbocycles. The van der Waals surface area contributed by atoms with Crippen LogP contribution in [-0.4, -0.2) is 10.2 Å². The quantitative estimate of drug-likeness (QED) is 0.409. The van der Waals surface area contributed by atoms with E-state index in [-0.39, 0.29) is 0 Å². The van der Waals surface area contributed by atoms with E-state index in [1.54, 1.807) is 0 Å². The number of hydrogen-bond acceptors (Lipinski definition) is 0. The molecule has 0 radical (unpaired) electrons. The van der Waals surface area contributed by atoms with Crippen LogP contribution in [0.4, 0.5) is 0 Å². The Morgan fingerprint density at radius 1 is 0.909 bits per heavy atom. The van der Waals surface area contributed by atoms with Crippen LogP contribution in [0.15, 0.2) is 0 Å². The zero-order valence-corrected chi connectivity index (χ0v) is 10.5. The molecule has 1 atom stereocenters. The molecular weight excluding hydrogens is 148 g/mol. The molecule has 0 aliphatic carbocycles. The Morgan fingerprint density at radius 3 is 2.00 bits per heavy atom. The Labute approximate surface area is 75.2 Å². The van der Waals surface area contributed by atoms with Gasteiger partial charge in [-0.1, -0.05) is 64.3 Å². The largest absolute Gasteiger partial charge is 0.0654 e. The van der Waals surface area contributed by atoms with Crippen LogP contribution in [0.3, 0.4) is 0 Å². The second kappa shape index (κ2) is 8.31. The van der Waals surface area contributed by atoms with Crippen molar-refractivity contribution in [3.63, 3.8) is 0 Å². The summed E-state index contributed by atoms with van der Waals surface area (Å²) in [5.41, 5.74) is 1.11. The molecule has 0 rings (SSSR count). The number of unbranched alkanes of at least 4 members (excludes halogenated alkanes) is 3. The Kier molecular flexibility index (Phi) is 8.48. The minimum absolute atomic E-state index is 1.11. The van der Waals surface area contributed by atoms with Crippen molar-refractivity contribution in [3.8, 4) is 0 Å². The summed E-state index contributed by atoms with van der Waals surface area (Å²) in [5.74, 6) is 0. The maximum Gasteiger partial charge on any atom is 0.00672 e. The summed E-state index contributed by atoms with van der Waals surface area (Å²) in [7, 11) is 1.42. The Hall–Kier alpha value is 0.217. The first kappa shape index (κ1) is 11.2. The molecule has 0 aromatic heterocycles. The van der Waals surface area contributed by atoms with Crippen LogP contribution in [0.1, 0.15) is 58.8 Å². The van der Waals surface area contributed by atoms with E-state index in [1.165, 1.54) is 55.2 Å². The molecule has 0 bridgehead atoms. The van der Waals surface area contributed by atoms with Gasteiger partial charge in [0.25, 0.3) is 0 Å². The lowest BCUT2D eigenvalue weighted by atomic mass is 10.1. The smallest absolute Gasteiger partial charge is 0.00672 e. The molecule has 0 aromatic carbocycles. The molecule has 0 spiro atoms. The molecule has 0 amide bonds. The van der Waals surface area contributed by atoms with Gasteiger partial charge in [-0.25, -0.2) is 0 Å². The van der Waals surface area contributed by atoms with Gasteiger partial charge in [0.15, 0.2) is 0 Å². The monoisotopic (exact) mass is 172 g/mol. The SMILES string of the molecule is CCCCCC([SiH3])CCCC. The van der Waals surface area contributed by atoms with Crippen molar-refractivity contribution in [2.75, 3.05) is 0 Å². The lowest BCUT2D eigenvalue weighted by Gasteiger charge is -2.08. The fraction of sp³-hybridized carbons (Fsp3) is 1.00. The van der Waals surface area contributed by atoms with E-state index in [4.69, 9.17) is 0 Å². The predicted octanol–water partition coefficient (Wildman–Crippen LogP) is 2.91. The fourth-order valence-electron chi connectivity index (χ4n) is 1.44. The molecule has 68 valence electrons. The van der Waals surface area contributed by atoms with Gasteiger partial charge in [0.1, 0.15) is 0 Å². The van der Waals surface area contributed by atoms with Crippen molar-refractivity contribution in [1.82, 2.24) is 0 Å². The molecule has 0 nitrogen and oxygen atoms in total. The van der Waals surface area contributed by atoms with Crippen LogP contribution >= 0.6 is 0 Å². The first-order chi connectivity index (χ1) is 5.31.